The van der Waals surface area contributed by atoms with Crippen LogP contribution in [0.15, 0.2) is 17.2 Å². The van der Waals surface area contributed by atoms with Gasteiger partial charge in [-0.1, -0.05) is 13.8 Å². The number of aromatic carboxylic acids is 1. The molecule has 1 saturated heterocycles. The Hall–Kier alpha value is -1.51. The molecule has 2 heterocycles. The van der Waals surface area contributed by atoms with Gasteiger partial charge in [-0.15, -0.1) is 0 Å². The van der Waals surface area contributed by atoms with E-state index in [9.17, 15) is 18.3 Å². The van der Waals surface area contributed by atoms with E-state index in [2.05, 4.69) is 9.88 Å². The van der Waals surface area contributed by atoms with Gasteiger partial charge in [-0.25, -0.2) is 13.2 Å². The molecule has 22 heavy (non-hydrogen) atoms. The van der Waals surface area contributed by atoms with Crippen molar-refractivity contribution in [2.24, 2.45) is 0 Å². The van der Waals surface area contributed by atoms with E-state index in [-0.39, 0.29) is 10.5 Å². The number of sulfonamides is 1. The van der Waals surface area contributed by atoms with Gasteiger partial charge in [-0.2, -0.15) is 4.31 Å². The molecular formula is C14H21N3O4S. The first-order chi connectivity index (χ1) is 10.4. The van der Waals surface area contributed by atoms with Gasteiger partial charge in [0.25, 0.3) is 0 Å². The molecule has 1 aliphatic rings. The molecule has 0 aromatic carbocycles. The number of hydrogen-bond acceptors (Lipinski definition) is 5. The average Bonchev–Trinajstić information content (AvgIpc) is 2.54. The molecule has 0 aliphatic carbocycles. The number of hydrogen-bond donors (Lipinski definition) is 1. The fraction of sp³-hybridized carbons (Fsp3) is 0.571. The van der Waals surface area contributed by atoms with Crippen molar-refractivity contribution in [3.8, 4) is 0 Å². The van der Waals surface area contributed by atoms with Crippen LogP contribution in [0.4, 0.5) is 0 Å². The number of aryl methyl sites for hydroxylation is 1. The first-order valence-corrected chi connectivity index (χ1v) is 8.78. The van der Waals surface area contributed by atoms with Crippen LogP contribution >= 0.6 is 0 Å². The van der Waals surface area contributed by atoms with E-state index in [0.29, 0.717) is 38.3 Å². The maximum Gasteiger partial charge on any atom is 0.337 e. The molecule has 1 fully saturated rings. The minimum absolute atomic E-state index is 0.0456. The smallest absolute Gasteiger partial charge is 0.337 e. The van der Waals surface area contributed by atoms with Gasteiger partial charge < -0.3 is 10.0 Å². The lowest BCUT2D eigenvalue weighted by Crippen LogP contribution is -2.48. The number of nitrogens with zero attached hydrogens (tertiary/aromatic N) is 3. The zero-order chi connectivity index (χ0) is 16.3. The van der Waals surface area contributed by atoms with Crippen LogP contribution in [-0.4, -0.2) is 66.4 Å². The molecule has 0 bridgehead atoms. The first-order valence-electron chi connectivity index (χ1n) is 7.34. The second-order valence-electron chi connectivity index (χ2n) is 5.16. The number of pyridine rings is 1. The van der Waals surface area contributed by atoms with Crippen LogP contribution < -0.4 is 0 Å². The van der Waals surface area contributed by atoms with Gasteiger partial charge in [0.15, 0.2) is 0 Å². The Kier molecular flexibility index (Phi) is 5.15. The summed E-state index contributed by atoms with van der Waals surface area (Å²) in [5.41, 5.74) is 0.345. The summed E-state index contributed by atoms with van der Waals surface area (Å²) in [6.45, 7) is 6.90. The summed E-state index contributed by atoms with van der Waals surface area (Å²) >= 11 is 0. The molecule has 0 amide bonds. The molecule has 0 unspecified atom stereocenters. The Balaban J connectivity index is 2.30. The molecule has 2 rings (SSSR count). The summed E-state index contributed by atoms with van der Waals surface area (Å²) in [7, 11) is -3.69. The number of likely N-dealkylation sites (N-methyl/N-ethyl adjacent to an activating group) is 1. The number of piperazine rings is 1. The van der Waals surface area contributed by atoms with Gasteiger partial charge in [0.05, 0.1) is 11.3 Å². The molecule has 1 aromatic heterocycles. The van der Waals surface area contributed by atoms with Crippen molar-refractivity contribution in [3.05, 3.63) is 23.5 Å². The maximum atomic E-state index is 12.6. The minimum atomic E-state index is -3.69. The number of carboxylic acids is 1. The van der Waals surface area contributed by atoms with Crippen LogP contribution in [0.3, 0.4) is 0 Å². The zero-order valence-electron chi connectivity index (χ0n) is 12.8. The monoisotopic (exact) mass is 327 g/mol. The molecule has 7 nitrogen and oxygen atoms in total. The highest BCUT2D eigenvalue weighted by Crippen LogP contribution is 2.20. The lowest BCUT2D eigenvalue weighted by Gasteiger charge is -2.33. The van der Waals surface area contributed by atoms with Crippen LogP contribution in [-0.2, 0) is 16.4 Å². The van der Waals surface area contributed by atoms with Crippen molar-refractivity contribution in [3.63, 3.8) is 0 Å². The first kappa shape index (κ1) is 16.9. The Labute approximate surface area is 130 Å². The zero-order valence-corrected chi connectivity index (χ0v) is 13.6. The number of rotatable bonds is 5. The van der Waals surface area contributed by atoms with Gasteiger partial charge in [0, 0.05) is 32.4 Å². The predicted octanol–water partition coefficient (Wildman–Crippen LogP) is 0.668. The third-order valence-corrected chi connectivity index (χ3v) is 5.79. The topological polar surface area (TPSA) is 90.8 Å². The molecule has 122 valence electrons. The lowest BCUT2D eigenvalue weighted by atomic mass is 10.1. The summed E-state index contributed by atoms with van der Waals surface area (Å²) < 4.78 is 26.7. The molecule has 0 atom stereocenters. The Morgan fingerprint density at radius 1 is 1.27 bits per heavy atom. The molecule has 0 radical (unpaired) electrons. The summed E-state index contributed by atoms with van der Waals surface area (Å²) in [6, 6.07) is 1.22. The van der Waals surface area contributed by atoms with E-state index < -0.39 is 16.0 Å². The maximum absolute atomic E-state index is 12.6. The van der Waals surface area contributed by atoms with Crippen molar-refractivity contribution >= 4 is 16.0 Å². The summed E-state index contributed by atoms with van der Waals surface area (Å²) in [5.74, 6) is -1.16. The Morgan fingerprint density at radius 3 is 2.41 bits per heavy atom. The summed E-state index contributed by atoms with van der Waals surface area (Å²) in [5, 5.41) is 9.21. The van der Waals surface area contributed by atoms with Crippen LogP contribution in [0.25, 0.3) is 0 Å². The number of carboxylic acid groups (broad SMARTS) is 1. The number of aromatic nitrogens is 1. The third-order valence-electron chi connectivity index (χ3n) is 3.93. The predicted molar refractivity (Wildman–Crippen MR) is 81.4 cm³/mol. The normalized spacial score (nSPS) is 17.5. The van der Waals surface area contributed by atoms with Crippen molar-refractivity contribution in [2.75, 3.05) is 32.7 Å². The molecule has 1 aliphatic heterocycles. The highest BCUT2D eigenvalue weighted by molar-refractivity contribution is 7.89. The van der Waals surface area contributed by atoms with Crippen LogP contribution in [0.1, 0.15) is 29.9 Å². The largest absolute Gasteiger partial charge is 0.478 e. The average molecular weight is 327 g/mol. The highest BCUT2D eigenvalue weighted by Gasteiger charge is 2.29. The van der Waals surface area contributed by atoms with E-state index in [1.165, 1.54) is 16.6 Å². The fourth-order valence-corrected chi connectivity index (χ4v) is 3.91. The quantitative estimate of drug-likeness (QED) is 0.855. The van der Waals surface area contributed by atoms with Crippen LogP contribution in [0, 0.1) is 0 Å². The molecule has 1 N–H and O–H groups in total. The van der Waals surface area contributed by atoms with Crippen molar-refractivity contribution in [1.29, 1.82) is 0 Å². The SMILES string of the molecule is CCc1ncc(S(=O)(=O)N2CCN(CC)CC2)cc1C(=O)O. The highest BCUT2D eigenvalue weighted by atomic mass is 32.2. The van der Waals surface area contributed by atoms with E-state index in [0.717, 1.165) is 6.54 Å². The van der Waals surface area contributed by atoms with Gasteiger partial charge >= 0.3 is 5.97 Å². The standard InChI is InChI=1S/C14H21N3O4S/c1-3-13-12(14(18)19)9-11(10-15-13)22(20,21)17-7-5-16(4-2)6-8-17/h9-10H,3-8H2,1-2H3,(H,18,19). The van der Waals surface area contributed by atoms with E-state index in [1.807, 2.05) is 6.92 Å². The second-order valence-corrected chi connectivity index (χ2v) is 7.10. The second kappa shape index (κ2) is 6.72. The van der Waals surface area contributed by atoms with Crippen LogP contribution in [0.2, 0.25) is 0 Å². The number of carbonyl (C=O) groups is 1. The van der Waals surface area contributed by atoms with Gasteiger partial charge in [-0.3, -0.25) is 4.98 Å². The van der Waals surface area contributed by atoms with Crippen molar-refractivity contribution in [1.82, 2.24) is 14.2 Å². The van der Waals surface area contributed by atoms with Gasteiger partial charge in [0.2, 0.25) is 10.0 Å². The van der Waals surface area contributed by atoms with E-state index >= 15 is 0 Å². The Morgan fingerprint density at radius 2 is 1.91 bits per heavy atom. The molecular weight excluding hydrogens is 306 g/mol. The fourth-order valence-electron chi connectivity index (χ4n) is 2.52. The summed E-state index contributed by atoms with van der Waals surface area (Å²) in [4.78, 5) is 17.4. The lowest BCUT2D eigenvalue weighted by molar-refractivity contribution is 0.0695. The van der Waals surface area contributed by atoms with Crippen molar-refractivity contribution in [2.45, 2.75) is 25.2 Å². The summed E-state index contributed by atoms with van der Waals surface area (Å²) in [6.07, 6.45) is 1.70. The van der Waals surface area contributed by atoms with Crippen molar-refractivity contribution < 1.29 is 18.3 Å². The molecule has 0 saturated carbocycles. The minimum Gasteiger partial charge on any atom is -0.478 e. The van der Waals surface area contributed by atoms with Gasteiger partial charge in [-0.05, 0) is 19.0 Å². The molecule has 1 aromatic rings. The Bertz CT molecular complexity index is 652. The van der Waals surface area contributed by atoms with Crippen LogP contribution in [0.5, 0.6) is 0 Å². The molecule has 0 spiro atoms. The third kappa shape index (κ3) is 3.29. The van der Waals surface area contributed by atoms with Gasteiger partial charge in [0.1, 0.15) is 4.90 Å². The van der Waals surface area contributed by atoms with E-state index in [4.69, 9.17) is 0 Å². The molecule has 8 heteroatoms. The van der Waals surface area contributed by atoms with E-state index in [1.54, 1.807) is 6.92 Å².